The van der Waals surface area contributed by atoms with Crippen LogP contribution in [0.5, 0.6) is 0 Å². The number of aliphatic imine (C=N–C) groups is 1. The Kier molecular flexibility index (Phi) is 7.85. The lowest BCUT2D eigenvalue weighted by atomic mass is 9.90. The number of para-hydroxylation sites is 1. The van der Waals surface area contributed by atoms with E-state index in [2.05, 4.69) is 72.1 Å². The molecular formula is C24H33N5O. The number of hydrogen-bond donors (Lipinski definition) is 3. The second kappa shape index (κ2) is 10.8. The summed E-state index contributed by atoms with van der Waals surface area (Å²) in [5, 5.41) is 9.70. The number of carbonyl (C=O) groups excluding carboxylic acids is 1. The minimum Gasteiger partial charge on any atom is -0.357 e. The van der Waals surface area contributed by atoms with Crippen molar-refractivity contribution in [3.8, 4) is 0 Å². The second-order valence-electron chi connectivity index (χ2n) is 7.76. The maximum Gasteiger partial charge on any atom is 0.225 e. The van der Waals surface area contributed by atoms with Crippen LogP contribution >= 0.6 is 0 Å². The van der Waals surface area contributed by atoms with Gasteiger partial charge in [-0.3, -0.25) is 4.79 Å². The lowest BCUT2D eigenvalue weighted by Crippen LogP contribution is -2.40. The summed E-state index contributed by atoms with van der Waals surface area (Å²) in [5.41, 5.74) is 4.58. The monoisotopic (exact) mass is 407 g/mol. The van der Waals surface area contributed by atoms with Gasteiger partial charge in [-0.15, -0.1) is 0 Å². The molecule has 0 saturated heterocycles. The molecule has 2 aromatic rings. The Labute approximate surface area is 179 Å². The molecule has 0 aliphatic carbocycles. The van der Waals surface area contributed by atoms with E-state index in [0.717, 1.165) is 31.3 Å². The average molecular weight is 408 g/mol. The predicted octanol–water partition coefficient (Wildman–Crippen LogP) is 3.32. The fourth-order valence-corrected chi connectivity index (χ4v) is 3.67. The Hall–Kier alpha value is -2.86. The van der Waals surface area contributed by atoms with E-state index in [1.54, 1.807) is 0 Å². The number of benzene rings is 2. The zero-order valence-electron chi connectivity index (χ0n) is 18.2. The summed E-state index contributed by atoms with van der Waals surface area (Å²) in [6.45, 7) is 8.25. The summed E-state index contributed by atoms with van der Waals surface area (Å²) in [6, 6.07) is 16.6. The number of nitrogens with zero attached hydrogens (tertiary/aromatic N) is 2. The Morgan fingerprint density at radius 1 is 1.13 bits per heavy atom. The summed E-state index contributed by atoms with van der Waals surface area (Å²) < 4.78 is 0. The van der Waals surface area contributed by atoms with Crippen LogP contribution in [0.2, 0.25) is 0 Å². The Morgan fingerprint density at radius 2 is 1.93 bits per heavy atom. The molecule has 3 N–H and O–H groups in total. The first-order valence-electron chi connectivity index (χ1n) is 10.8. The van der Waals surface area contributed by atoms with Crippen molar-refractivity contribution in [2.75, 3.05) is 32.0 Å². The van der Waals surface area contributed by atoms with E-state index in [1.165, 1.54) is 16.7 Å². The molecule has 1 unspecified atom stereocenters. The van der Waals surface area contributed by atoms with Crippen molar-refractivity contribution in [2.24, 2.45) is 4.99 Å². The molecule has 0 fully saturated rings. The largest absolute Gasteiger partial charge is 0.357 e. The highest BCUT2D eigenvalue weighted by atomic mass is 16.1. The Bertz CT molecular complexity index is 879. The van der Waals surface area contributed by atoms with Gasteiger partial charge in [0.25, 0.3) is 0 Å². The third-order valence-electron chi connectivity index (χ3n) is 5.37. The molecule has 2 aromatic carbocycles. The minimum absolute atomic E-state index is 0.0660. The molecule has 0 spiro atoms. The quantitative estimate of drug-likeness (QED) is 0.464. The van der Waals surface area contributed by atoms with Gasteiger partial charge in [0, 0.05) is 37.7 Å². The van der Waals surface area contributed by atoms with Gasteiger partial charge in [-0.05, 0) is 43.3 Å². The number of hydrogen-bond acceptors (Lipinski definition) is 3. The normalized spacial score (nSPS) is 16.2. The first-order chi connectivity index (χ1) is 14.6. The van der Waals surface area contributed by atoms with Crippen molar-refractivity contribution in [1.82, 2.24) is 15.5 Å². The molecule has 1 aliphatic rings. The van der Waals surface area contributed by atoms with Gasteiger partial charge in [-0.1, -0.05) is 49.4 Å². The van der Waals surface area contributed by atoms with Gasteiger partial charge in [0.05, 0.1) is 6.54 Å². The third-order valence-corrected chi connectivity index (χ3v) is 5.37. The van der Waals surface area contributed by atoms with Gasteiger partial charge < -0.3 is 20.9 Å². The van der Waals surface area contributed by atoms with E-state index in [0.29, 0.717) is 19.5 Å². The highest BCUT2D eigenvalue weighted by molar-refractivity contribution is 5.94. The molecule has 1 aliphatic heterocycles. The van der Waals surface area contributed by atoms with Crippen molar-refractivity contribution in [2.45, 2.75) is 39.3 Å². The molecule has 160 valence electrons. The lowest BCUT2D eigenvalue weighted by Gasteiger charge is -2.26. The molecular weight excluding hydrogens is 374 g/mol. The zero-order chi connectivity index (χ0) is 21.3. The predicted molar refractivity (Wildman–Crippen MR) is 124 cm³/mol. The van der Waals surface area contributed by atoms with Crippen molar-refractivity contribution < 1.29 is 4.79 Å². The number of nitrogens with one attached hydrogen (secondary N) is 3. The smallest absolute Gasteiger partial charge is 0.225 e. The maximum atomic E-state index is 12.1. The maximum absolute atomic E-state index is 12.1. The van der Waals surface area contributed by atoms with Crippen LogP contribution in [0, 0.1) is 0 Å². The van der Waals surface area contributed by atoms with Gasteiger partial charge in [-0.25, -0.2) is 4.99 Å². The summed E-state index contributed by atoms with van der Waals surface area (Å²) in [4.78, 5) is 19.1. The number of amides is 1. The summed E-state index contributed by atoms with van der Waals surface area (Å²) >= 11 is 0. The van der Waals surface area contributed by atoms with Gasteiger partial charge in [0.15, 0.2) is 5.96 Å². The SMILES string of the molecule is CCNC(=NCc1cccc(CN(C)CC)c1)NCC1CC(=O)Nc2ccccc21. The molecule has 6 nitrogen and oxygen atoms in total. The molecule has 0 aromatic heterocycles. The first kappa shape index (κ1) is 21.8. The molecule has 0 saturated carbocycles. The summed E-state index contributed by atoms with van der Waals surface area (Å²) in [6.07, 6.45) is 0.483. The van der Waals surface area contributed by atoms with Crippen molar-refractivity contribution in [3.05, 3.63) is 65.2 Å². The van der Waals surface area contributed by atoms with E-state index in [-0.39, 0.29) is 11.8 Å². The van der Waals surface area contributed by atoms with Crippen LogP contribution in [0.1, 0.15) is 42.9 Å². The van der Waals surface area contributed by atoms with Crippen molar-refractivity contribution in [3.63, 3.8) is 0 Å². The highest BCUT2D eigenvalue weighted by Crippen LogP contribution is 2.31. The molecule has 1 amide bonds. The zero-order valence-corrected chi connectivity index (χ0v) is 18.2. The first-order valence-corrected chi connectivity index (χ1v) is 10.8. The number of carbonyl (C=O) groups is 1. The molecule has 30 heavy (non-hydrogen) atoms. The topological polar surface area (TPSA) is 68.8 Å². The summed E-state index contributed by atoms with van der Waals surface area (Å²) in [5.74, 6) is 0.972. The number of guanidine groups is 1. The molecule has 0 bridgehead atoms. The van der Waals surface area contributed by atoms with E-state index >= 15 is 0 Å². The molecule has 1 heterocycles. The Morgan fingerprint density at radius 3 is 2.73 bits per heavy atom. The molecule has 1 atom stereocenters. The van der Waals surface area contributed by atoms with Gasteiger partial charge in [-0.2, -0.15) is 0 Å². The van der Waals surface area contributed by atoms with Crippen LogP contribution < -0.4 is 16.0 Å². The van der Waals surface area contributed by atoms with Crippen molar-refractivity contribution in [1.29, 1.82) is 0 Å². The number of fused-ring (bicyclic) bond motifs is 1. The van der Waals surface area contributed by atoms with Crippen LogP contribution in [0.4, 0.5) is 5.69 Å². The standard InChI is InChI=1S/C24H33N5O/c1-4-25-24(26-15-18-9-8-10-19(13-18)17-29(3)5-2)27-16-20-14-23(30)28-22-12-7-6-11-21(20)22/h6-13,20H,4-5,14-17H2,1-3H3,(H,28,30)(H2,25,26,27). The molecule has 6 heteroatoms. The number of rotatable bonds is 8. The fourth-order valence-electron chi connectivity index (χ4n) is 3.67. The lowest BCUT2D eigenvalue weighted by molar-refractivity contribution is -0.116. The fraction of sp³-hybridized carbons (Fsp3) is 0.417. The number of anilines is 1. The minimum atomic E-state index is 0.0660. The van der Waals surface area contributed by atoms with Crippen LogP contribution in [0.3, 0.4) is 0 Å². The van der Waals surface area contributed by atoms with Gasteiger partial charge in [0.1, 0.15) is 0 Å². The summed E-state index contributed by atoms with van der Waals surface area (Å²) in [7, 11) is 2.13. The molecule has 0 radical (unpaired) electrons. The Balaban J connectivity index is 1.64. The van der Waals surface area contributed by atoms with Crippen molar-refractivity contribution >= 4 is 17.6 Å². The van der Waals surface area contributed by atoms with Gasteiger partial charge in [0.2, 0.25) is 5.91 Å². The molecule has 3 rings (SSSR count). The second-order valence-corrected chi connectivity index (χ2v) is 7.76. The van der Waals surface area contributed by atoms with Crippen LogP contribution in [-0.2, 0) is 17.9 Å². The van der Waals surface area contributed by atoms with Gasteiger partial charge >= 0.3 is 0 Å². The van der Waals surface area contributed by atoms with E-state index < -0.39 is 0 Å². The van der Waals surface area contributed by atoms with Crippen LogP contribution in [0.25, 0.3) is 0 Å². The van der Waals surface area contributed by atoms with E-state index in [9.17, 15) is 4.79 Å². The third kappa shape index (κ3) is 6.07. The highest BCUT2D eigenvalue weighted by Gasteiger charge is 2.24. The van der Waals surface area contributed by atoms with Crippen LogP contribution in [0.15, 0.2) is 53.5 Å². The van der Waals surface area contributed by atoms with E-state index in [1.807, 2.05) is 18.2 Å². The van der Waals surface area contributed by atoms with Crippen LogP contribution in [-0.4, -0.2) is 43.4 Å². The average Bonchev–Trinajstić information content (AvgIpc) is 2.75. The van der Waals surface area contributed by atoms with E-state index in [4.69, 9.17) is 4.99 Å².